The second-order valence-electron chi connectivity index (χ2n) is 5.47. The first-order valence-corrected chi connectivity index (χ1v) is 6.47. The van der Waals surface area contributed by atoms with Gasteiger partial charge in [-0.3, -0.25) is 0 Å². The van der Waals surface area contributed by atoms with Crippen LogP contribution < -0.4 is 0 Å². The van der Waals surface area contributed by atoms with Crippen molar-refractivity contribution in [2.75, 3.05) is 0 Å². The van der Waals surface area contributed by atoms with Crippen LogP contribution in [0.25, 0.3) is 10.9 Å². The second kappa shape index (κ2) is 2.91. The Bertz CT molecular complexity index is 560. The minimum atomic E-state index is 0.685. The predicted molar refractivity (Wildman–Crippen MR) is 66.9 cm³/mol. The molecule has 0 spiro atoms. The van der Waals surface area contributed by atoms with Crippen molar-refractivity contribution in [1.82, 2.24) is 4.57 Å². The van der Waals surface area contributed by atoms with Gasteiger partial charge in [-0.15, -0.1) is 0 Å². The maximum absolute atomic E-state index is 2.53. The number of nitrogens with zero attached hydrogens (tertiary/aromatic N) is 1. The first-order valence-electron chi connectivity index (χ1n) is 6.47. The molecule has 2 aliphatic rings. The zero-order chi connectivity index (χ0) is 10.7. The van der Waals surface area contributed by atoms with E-state index in [9.17, 15) is 0 Å². The predicted octanol–water partition coefficient (Wildman–Crippen LogP) is 4.03. The lowest BCUT2D eigenvalue weighted by atomic mass is 9.98. The number of rotatable bonds is 1. The number of aryl methyl sites for hydroxylation is 1. The highest BCUT2D eigenvalue weighted by Gasteiger charge is 2.29. The lowest BCUT2D eigenvalue weighted by molar-refractivity contribution is 0.503. The maximum atomic E-state index is 2.53. The van der Waals surface area contributed by atoms with E-state index in [0.717, 1.165) is 5.92 Å². The molecule has 1 fully saturated rings. The van der Waals surface area contributed by atoms with E-state index in [1.165, 1.54) is 36.6 Å². The fourth-order valence-corrected chi connectivity index (χ4v) is 3.19. The van der Waals surface area contributed by atoms with Gasteiger partial charge in [0, 0.05) is 17.6 Å². The van der Waals surface area contributed by atoms with Gasteiger partial charge in [-0.25, -0.2) is 0 Å². The van der Waals surface area contributed by atoms with Crippen LogP contribution in [0.5, 0.6) is 0 Å². The maximum Gasteiger partial charge on any atom is 0.0518 e. The fourth-order valence-electron chi connectivity index (χ4n) is 3.19. The summed E-state index contributed by atoms with van der Waals surface area (Å²) in [5.41, 5.74) is 4.70. The van der Waals surface area contributed by atoms with Gasteiger partial charge in [-0.2, -0.15) is 0 Å². The van der Waals surface area contributed by atoms with E-state index in [1.54, 1.807) is 11.1 Å². The molecular weight excluding hydrogens is 194 g/mol. The number of para-hydroxylation sites is 1. The molecule has 0 bridgehead atoms. The smallest absolute Gasteiger partial charge is 0.0518 e. The van der Waals surface area contributed by atoms with Crippen LogP contribution in [0.2, 0.25) is 0 Å². The second-order valence-corrected chi connectivity index (χ2v) is 5.47. The number of hydrogen-bond acceptors (Lipinski definition) is 0. The van der Waals surface area contributed by atoms with E-state index >= 15 is 0 Å². The molecule has 1 atom stereocenters. The molecule has 2 aromatic rings. The molecule has 0 amide bonds. The highest BCUT2D eigenvalue weighted by molar-refractivity contribution is 5.88. The number of benzene rings is 1. The van der Waals surface area contributed by atoms with Gasteiger partial charge in [0.2, 0.25) is 0 Å². The van der Waals surface area contributed by atoms with E-state index in [4.69, 9.17) is 0 Å². The summed E-state index contributed by atoms with van der Waals surface area (Å²) in [5, 5.41) is 1.53. The normalized spacial score (nSPS) is 23.9. The summed E-state index contributed by atoms with van der Waals surface area (Å²) in [7, 11) is 0. The molecule has 1 aromatic heterocycles. The number of hydrogen-bond donors (Lipinski definition) is 0. The summed E-state index contributed by atoms with van der Waals surface area (Å²) in [6, 6.07) is 7.55. The largest absolute Gasteiger partial charge is 0.344 e. The summed E-state index contributed by atoms with van der Waals surface area (Å²) in [4.78, 5) is 0. The van der Waals surface area contributed by atoms with Crippen LogP contribution in [-0.2, 0) is 6.42 Å². The average Bonchev–Trinajstić information content (AvgIpc) is 3.07. The Hall–Kier alpha value is -1.24. The number of aromatic nitrogens is 1. The first kappa shape index (κ1) is 8.86. The Morgan fingerprint density at radius 3 is 2.88 bits per heavy atom. The van der Waals surface area contributed by atoms with E-state index < -0.39 is 0 Å². The Labute approximate surface area is 96.1 Å². The molecule has 1 unspecified atom stereocenters. The summed E-state index contributed by atoms with van der Waals surface area (Å²) in [6.45, 7) is 2.35. The lowest BCUT2D eigenvalue weighted by Crippen LogP contribution is -2.11. The van der Waals surface area contributed by atoms with Crippen LogP contribution in [0.4, 0.5) is 0 Å². The van der Waals surface area contributed by atoms with Gasteiger partial charge in [0.05, 0.1) is 5.52 Å². The van der Waals surface area contributed by atoms with Crippen molar-refractivity contribution in [1.29, 1.82) is 0 Å². The van der Waals surface area contributed by atoms with Crippen LogP contribution in [0.1, 0.15) is 49.3 Å². The van der Waals surface area contributed by atoms with E-state index in [0.29, 0.717) is 6.04 Å². The quantitative estimate of drug-likeness (QED) is 0.671. The monoisotopic (exact) mass is 211 g/mol. The van der Waals surface area contributed by atoms with Crippen LogP contribution >= 0.6 is 0 Å². The first-order chi connectivity index (χ1) is 7.84. The molecule has 4 rings (SSSR count). The van der Waals surface area contributed by atoms with Crippen molar-refractivity contribution in [3.8, 4) is 0 Å². The molecule has 1 saturated carbocycles. The molecule has 1 aromatic carbocycles. The van der Waals surface area contributed by atoms with E-state index in [1.807, 2.05) is 0 Å². The molecule has 1 heteroatoms. The van der Waals surface area contributed by atoms with Crippen LogP contribution in [0.3, 0.4) is 0 Å². The molecule has 1 nitrogen and oxygen atoms in total. The topological polar surface area (TPSA) is 4.93 Å². The Morgan fingerprint density at radius 2 is 2.06 bits per heavy atom. The standard InChI is InChI=1S/C15H17N/c1-10-5-6-12-3-2-4-13-14(11-7-8-11)9-16(10)15(12)13/h2-4,9-11H,5-8H2,1H3. The van der Waals surface area contributed by atoms with Gasteiger partial charge in [-0.1, -0.05) is 18.2 Å². The van der Waals surface area contributed by atoms with Gasteiger partial charge < -0.3 is 4.57 Å². The molecule has 16 heavy (non-hydrogen) atoms. The van der Waals surface area contributed by atoms with Crippen molar-refractivity contribution >= 4 is 10.9 Å². The Morgan fingerprint density at radius 1 is 1.19 bits per heavy atom. The lowest BCUT2D eigenvalue weighted by Gasteiger charge is -2.22. The van der Waals surface area contributed by atoms with Crippen molar-refractivity contribution in [2.45, 2.75) is 44.6 Å². The van der Waals surface area contributed by atoms with Crippen LogP contribution in [0, 0.1) is 0 Å². The highest BCUT2D eigenvalue weighted by Crippen LogP contribution is 2.46. The zero-order valence-corrected chi connectivity index (χ0v) is 9.74. The molecule has 82 valence electrons. The third-order valence-electron chi connectivity index (χ3n) is 4.29. The third-order valence-corrected chi connectivity index (χ3v) is 4.29. The SMILES string of the molecule is CC1CCc2cccc3c(C4CC4)cn1c23. The van der Waals surface area contributed by atoms with Gasteiger partial charge in [0.1, 0.15) is 0 Å². The summed E-state index contributed by atoms with van der Waals surface area (Å²) < 4.78 is 2.53. The summed E-state index contributed by atoms with van der Waals surface area (Å²) >= 11 is 0. The van der Waals surface area contributed by atoms with Crippen molar-refractivity contribution in [3.63, 3.8) is 0 Å². The van der Waals surface area contributed by atoms with Gasteiger partial charge in [0.15, 0.2) is 0 Å². The van der Waals surface area contributed by atoms with Crippen molar-refractivity contribution < 1.29 is 0 Å². The molecule has 2 heterocycles. The average molecular weight is 211 g/mol. The Balaban J connectivity index is 2.09. The van der Waals surface area contributed by atoms with E-state index in [2.05, 4.69) is 35.9 Å². The third kappa shape index (κ3) is 1.06. The van der Waals surface area contributed by atoms with Crippen molar-refractivity contribution in [2.24, 2.45) is 0 Å². The minimum absolute atomic E-state index is 0.685. The summed E-state index contributed by atoms with van der Waals surface area (Å²) in [5.74, 6) is 0.865. The molecule has 0 N–H and O–H groups in total. The highest BCUT2D eigenvalue weighted by atomic mass is 15.0. The molecular formula is C15H17N. The molecule has 0 radical (unpaired) electrons. The minimum Gasteiger partial charge on any atom is -0.344 e. The van der Waals surface area contributed by atoms with Crippen LogP contribution in [0.15, 0.2) is 24.4 Å². The van der Waals surface area contributed by atoms with Gasteiger partial charge in [0.25, 0.3) is 0 Å². The fraction of sp³-hybridized carbons (Fsp3) is 0.467. The van der Waals surface area contributed by atoms with Gasteiger partial charge >= 0.3 is 0 Å². The zero-order valence-electron chi connectivity index (χ0n) is 9.74. The molecule has 1 aliphatic heterocycles. The van der Waals surface area contributed by atoms with Crippen LogP contribution in [-0.4, -0.2) is 4.57 Å². The van der Waals surface area contributed by atoms with E-state index in [-0.39, 0.29) is 0 Å². The van der Waals surface area contributed by atoms with Gasteiger partial charge in [-0.05, 0) is 49.7 Å². The molecule has 0 saturated heterocycles. The Kier molecular flexibility index (Phi) is 1.61. The summed E-state index contributed by atoms with van der Waals surface area (Å²) in [6.07, 6.45) is 7.79. The van der Waals surface area contributed by atoms with Crippen molar-refractivity contribution in [3.05, 3.63) is 35.5 Å². The molecule has 1 aliphatic carbocycles.